The Hall–Kier alpha value is -1.26. The van der Waals surface area contributed by atoms with Crippen LogP contribution in [-0.4, -0.2) is 21.7 Å². The van der Waals surface area contributed by atoms with E-state index in [1.54, 1.807) is 10.9 Å². The summed E-state index contributed by atoms with van der Waals surface area (Å²) in [5, 5.41) is 10.5. The molecular weight excluding hydrogens is 205 g/mol. The van der Waals surface area contributed by atoms with Gasteiger partial charge in [-0.1, -0.05) is 6.08 Å². The highest BCUT2D eigenvalue weighted by Crippen LogP contribution is 2.28. The van der Waals surface area contributed by atoms with Crippen LogP contribution in [0.15, 0.2) is 23.9 Å². The van der Waals surface area contributed by atoms with Gasteiger partial charge in [0.2, 0.25) is 5.91 Å². The summed E-state index contributed by atoms with van der Waals surface area (Å²) in [4.78, 5) is 21.3. The number of carbonyl (C=O) groups is 1. The van der Waals surface area contributed by atoms with E-state index in [0.29, 0.717) is 0 Å². The van der Waals surface area contributed by atoms with Crippen LogP contribution < -0.4 is 5.43 Å². The molecule has 74 valence electrons. The molecule has 0 aromatic carbocycles. The number of carbonyl (C=O) groups excluding carboxylic acids is 1. The van der Waals surface area contributed by atoms with Gasteiger partial charge in [0.25, 0.3) is 5.70 Å². The minimum Gasteiger partial charge on any atom is -0.285 e. The van der Waals surface area contributed by atoms with Crippen LogP contribution in [0.2, 0.25) is 0 Å². The van der Waals surface area contributed by atoms with E-state index in [4.69, 9.17) is 0 Å². The van der Waals surface area contributed by atoms with Gasteiger partial charge in [-0.2, -0.15) is 4.78 Å². The molecule has 6 nitrogen and oxygen atoms in total. The van der Waals surface area contributed by atoms with Gasteiger partial charge in [0, 0.05) is 12.2 Å². The highest BCUT2D eigenvalue weighted by atomic mass is 31.0. The van der Waals surface area contributed by atoms with Crippen LogP contribution in [0.3, 0.4) is 0 Å². The Morgan fingerprint density at radius 2 is 2.36 bits per heavy atom. The van der Waals surface area contributed by atoms with E-state index >= 15 is 0 Å². The standard InChI is InChI=1S/C7H8N3O3P/c11-7-5-3-4(10(12)13)1-2-6(5)9(14)8-7/h1-3,5-6H,14H2,(H,8,11). The molecule has 2 aliphatic rings. The fourth-order valence-corrected chi connectivity index (χ4v) is 1.96. The van der Waals surface area contributed by atoms with Crippen molar-refractivity contribution in [1.29, 1.82) is 0 Å². The lowest BCUT2D eigenvalue weighted by atomic mass is 9.95. The molecule has 1 amide bonds. The molecule has 1 fully saturated rings. The van der Waals surface area contributed by atoms with E-state index in [0.717, 1.165) is 0 Å². The third-order valence-electron chi connectivity index (χ3n) is 2.26. The maximum Gasteiger partial charge on any atom is 0.266 e. The van der Waals surface area contributed by atoms with Crippen LogP contribution in [0.4, 0.5) is 0 Å². The molecule has 2 rings (SSSR count). The number of hydrogen-bond donors (Lipinski definition) is 1. The van der Waals surface area contributed by atoms with Gasteiger partial charge in [-0.25, -0.2) is 0 Å². The van der Waals surface area contributed by atoms with Crippen molar-refractivity contribution in [2.24, 2.45) is 5.92 Å². The molecule has 0 aromatic rings. The van der Waals surface area contributed by atoms with E-state index in [1.807, 2.05) is 0 Å². The topological polar surface area (TPSA) is 75.5 Å². The third kappa shape index (κ3) is 1.32. The van der Waals surface area contributed by atoms with Crippen LogP contribution in [0.25, 0.3) is 0 Å². The van der Waals surface area contributed by atoms with E-state index in [1.165, 1.54) is 12.2 Å². The van der Waals surface area contributed by atoms with E-state index in [-0.39, 0.29) is 17.6 Å². The Labute approximate surface area is 82.0 Å². The van der Waals surface area contributed by atoms with Crippen LogP contribution in [0.1, 0.15) is 0 Å². The van der Waals surface area contributed by atoms with Crippen LogP contribution >= 0.6 is 9.39 Å². The lowest BCUT2D eigenvalue weighted by Gasteiger charge is -2.17. The summed E-state index contributed by atoms with van der Waals surface area (Å²) in [6.45, 7) is 0. The van der Waals surface area contributed by atoms with Crippen molar-refractivity contribution in [2.75, 3.05) is 0 Å². The summed E-state index contributed by atoms with van der Waals surface area (Å²) >= 11 is 0. The molecule has 1 saturated heterocycles. The fourth-order valence-electron chi connectivity index (χ4n) is 1.55. The highest BCUT2D eigenvalue weighted by molar-refractivity contribution is 7.13. The van der Waals surface area contributed by atoms with Crippen molar-refractivity contribution in [3.05, 3.63) is 34.0 Å². The molecule has 1 N–H and O–H groups in total. The zero-order valence-corrected chi connectivity index (χ0v) is 8.24. The molecule has 0 radical (unpaired) electrons. The minimum absolute atomic E-state index is 0.0262. The summed E-state index contributed by atoms with van der Waals surface area (Å²) in [7, 11) is 2.35. The second-order valence-corrected chi connectivity index (χ2v) is 3.66. The smallest absolute Gasteiger partial charge is 0.266 e. The van der Waals surface area contributed by atoms with Crippen molar-refractivity contribution in [3.63, 3.8) is 0 Å². The Bertz CT molecular complexity index is 365. The lowest BCUT2D eigenvalue weighted by molar-refractivity contribution is -0.419. The van der Waals surface area contributed by atoms with Gasteiger partial charge in [-0.15, -0.1) is 0 Å². The molecule has 1 aliphatic heterocycles. The number of nitrogens with zero attached hydrogens (tertiary/aromatic N) is 2. The number of amides is 1. The Morgan fingerprint density at radius 3 is 3.00 bits per heavy atom. The number of hydrazine groups is 1. The molecule has 1 aliphatic carbocycles. The summed E-state index contributed by atoms with van der Waals surface area (Å²) in [5.74, 6) is -0.674. The molecule has 14 heavy (non-hydrogen) atoms. The minimum atomic E-state index is -0.495. The van der Waals surface area contributed by atoms with Gasteiger partial charge in [0.1, 0.15) is 0 Å². The fraction of sp³-hybridized carbons (Fsp3) is 0.286. The average Bonchev–Trinajstić information content (AvgIpc) is 2.42. The molecule has 0 bridgehead atoms. The predicted molar refractivity (Wildman–Crippen MR) is 51.2 cm³/mol. The van der Waals surface area contributed by atoms with Crippen molar-refractivity contribution in [3.8, 4) is 0 Å². The number of hydrogen-bond acceptors (Lipinski definition) is 4. The molecule has 0 saturated carbocycles. The zero-order chi connectivity index (χ0) is 10.3. The molecule has 1 heterocycles. The molecule has 0 spiro atoms. The van der Waals surface area contributed by atoms with Gasteiger partial charge in [-0.05, 0) is 9.39 Å². The molecule has 3 atom stereocenters. The number of nitrogens with one attached hydrogen (secondary N) is 1. The predicted octanol–water partition coefficient (Wildman–Crippen LogP) is -0.162. The third-order valence-corrected chi connectivity index (χ3v) is 2.73. The second-order valence-electron chi connectivity index (χ2n) is 3.11. The van der Waals surface area contributed by atoms with Gasteiger partial charge >= 0.3 is 0 Å². The van der Waals surface area contributed by atoms with Crippen molar-refractivity contribution >= 4 is 15.3 Å². The molecular formula is C7H8N3O3P. The van der Waals surface area contributed by atoms with Crippen molar-refractivity contribution in [1.82, 2.24) is 10.2 Å². The Kier molecular flexibility index (Phi) is 2.09. The SMILES string of the molecule is O=C1NN(P)C2C=CC([N+](=O)[O-])=CC12. The maximum absolute atomic E-state index is 11.3. The van der Waals surface area contributed by atoms with E-state index in [9.17, 15) is 14.9 Å². The first-order valence-corrected chi connectivity index (χ1v) is 4.50. The van der Waals surface area contributed by atoms with Crippen molar-refractivity contribution < 1.29 is 9.72 Å². The number of fused-ring (bicyclic) bond motifs is 1. The first kappa shape index (κ1) is 9.30. The van der Waals surface area contributed by atoms with Gasteiger partial charge in [-0.3, -0.25) is 20.3 Å². The number of nitro groups is 1. The lowest BCUT2D eigenvalue weighted by Crippen LogP contribution is -2.28. The summed E-state index contributed by atoms with van der Waals surface area (Å²) < 4.78 is 1.57. The molecule has 0 aromatic heterocycles. The maximum atomic E-state index is 11.3. The normalized spacial score (nSPS) is 30.9. The summed E-state index contributed by atoms with van der Waals surface area (Å²) in [6, 6.07) is -0.142. The van der Waals surface area contributed by atoms with Crippen LogP contribution in [-0.2, 0) is 4.79 Å². The Balaban J connectivity index is 2.31. The van der Waals surface area contributed by atoms with E-state index < -0.39 is 10.8 Å². The van der Waals surface area contributed by atoms with Crippen molar-refractivity contribution in [2.45, 2.75) is 6.04 Å². The quantitative estimate of drug-likeness (QED) is 0.373. The summed E-state index contributed by atoms with van der Waals surface area (Å²) in [5.41, 5.74) is 2.53. The van der Waals surface area contributed by atoms with E-state index in [2.05, 4.69) is 14.8 Å². The summed E-state index contributed by atoms with van der Waals surface area (Å²) in [6.07, 6.45) is 4.44. The van der Waals surface area contributed by atoms with Gasteiger partial charge in [0.05, 0.1) is 16.9 Å². The Morgan fingerprint density at radius 1 is 1.64 bits per heavy atom. The highest BCUT2D eigenvalue weighted by Gasteiger charge is 2.39. The monoisotopic (exact) mass is 213 g/mol. The number of rotatable bonds is 1. The largest absolute Gasteiger partial charge is 0.285 e. The van der Waals surface area contributed by atoms with Gasteiger partial charge in [0.15, 0.2) is 0 Å². The zero-order valence-electron chi connectivity index (χ0n) is 7.08. The van der Waals surface area contributed by atoms with Crippen LogP contribution in [0, 0.1) is 16.0 Å². The first-order chi connectivity index (χ1) is 6.59. The average molecular weight is 213 g/mol. The molecule has 7 heteroatoms. The molecule has 3 unspecified atom stereocenters. The van der Waals surface area contributed by atoms with Gasteiger partial charge < -0.3 is 0 Å². The second kappa shape index (κ2) is 3.15. The first-order valence-electron chi connectivity index (χ1n) is 3.98. The van der Waals surface area contributed by atoms with Crippen LogP contribution in [0.5, 0.6) is 0 Å². The number of allylic oxidation sites excluding steroid dienone is 1.